The minimum absolute atomic E-state index is 0.186. The lowest BCUT2D eigenvalue weighted by atomic mass is 9.75. The van der Waals surface area contributed by atoms with Gasteiger partial charge in [0.25, 0.3) is 0 Å². The van der Waals surface area contributed by atoms with Crippen molar-refractivity contribution in [3.63, 3.8) is 0 Å². The van der Waals surface area contributed by atoms with Crippen molar-refractivity contribution < 1.29 is 33.6 Å². The van der Waals surface area contributed by atoms with Crippen LogP contribution in [0.3, 0.4) is 0 Å². The third kappa shape index (κ3) is 4.81. The quantitative estimate of drug-likeness (QED) is 0.618. The standard InChI is InChI=1S/C26H39NO7/c1-16(2)19-14-13-17(3)15-20(19)33-23(28)26(30,18-11-9-8-10-12-18)21-22(31-6)34-25(4,5)27(21)24(29)32-7/h8-12,16-17,19-22,30H,13-15H2,1-7H3/t17-,19+,20-,21-,22+,26-/m1/s1. The number of esters is 1. The lowest BCUT2D eigenvalue weighted by molar-refractivity contribution is -0.198. The summed E-state index contributed by atoms with van der Waals surface area (Å²) in [6.45, 7) is 9.71. The first-order chi connectivity index (χ1) is 16.0. The van der Waals surface area contributed by atoms with Gasteiger partial charge >= 0.3 is 12.1 Å². The second-order valence-electron chi connectivity index (χ2n) is 10.4. The Morgan fingerprint density at radius 2 is 1.82 bits per heavy atom. The molecule has 3 rings (SSSR count). The van der Waals surface area contributed by atoms with Gasteiger partial charge in [0.1, 0.15) is 17.9 Å². The Bertz CT molecular complexity index is 858. The highest BCUT2D eigenvalue weighted by Crippen LogP contribution is 2.44. The molecular formula is C26H39NO7. The Kier molecular flexibility index (Phi) is 7.95. The predicted octanol–water partition coefficient (Wildman–Crippen LogP) is 4.05. The first kappa shape index (κ1) is 26.4. The van der Waals surface area contributed by atoms with Crippen LogP contribution in [0.15, 0.2) is 30.3 Å². The summed E-state index contributed by atoms with van der Waals surface area (Å²) < 4.78 is 22.6. The van der Waals surface area contributed by atoms with E-state index in [0.29, 0.717) is 11.8 Å². The molecule has 6 atom stereocenters. The topological polar surface area (TPSA) is 94.5 Å². The molecule has 8 heteroatoms. The van der Waals surface area contributed by atoms with Gasteiger partial charge < -0.3 is 24.1 Å². The van der Waals surface area contributed by atoms with Crippen LogP contribution in [0.25, 0.3) is 0 Å². The molecule has 1 saturated carbocycles. The van der Waals surface area contributed by atoms with Crippen molar-refractivity contribution in [3.05, 3.63) is 35.9 Å². The van der Waals surface area contributed by atoms with Crippen LogP contribution >= 0.6 is 0 Å². The maximum Gasteiger partial charge on any atom is 0.412 e. The number of benzene rings is 1. The number of carbonyl (C=O) groups is 2. The van der Waals surface area contributed by atoms with Crippen LogP contribution in [0.4, 0.5) is 4.79 Å². The van der Waals surface area contributed by atoms with Gasteiger partial charge in [-0.15, -0.1) is 0 Å². The molecule has 2 fully saturated rings. The molecule has 34 heavy (non-hydrogen) atoms. The average molecular weight is 478 g/mol. The van der Waals surface area contributed by atoms with Gasteiger partial charge in [0, 0.05) is 7.11 Å². The Hall–Kier alpha value is -2.16. The highest BCUT2D eigenvalue weighted by Gasteiger charge is 2.64. The van der Waals surface area contributed by atoms with E-state index >= 15 is 0 Å². The number of amides is 1. The van der Waals surface area contributed by atoms with E-state index in [9.17, 15) is 14.7 Å². The van der Waals surface area contributed by atoms with Crippen molar-refractivity contribution in [1.29, 1.82) is 0 Å². The summed E-state index contributed by atoms with van der Waals surface area (Å²) in [6, 6.07) is 7.26. The largest absolute Gasteiger partial charge is 0.460 e. The molecule has 0 bridgehead atoms. The fourth-order valence-corrected chi connectivity index (χ4v) is 5.43. The van der Waals surface area contributed by atoms with Crippen molar-refractivity contribution in [2.75, 3.05) is 14.2 Å². The van der Waals surface area contributed by atoms with Crippen LogP contribution in [-0.4, -0.2) is 60.4 Å². The molecule has 0 unspecified atom stereocenters. The molecule has 1 aliphatic carbocycles. The zero-order valence-corrected chi connectivity index (χ0v) is 21.3. The number of methoxy groups -OCH3 is 2. The van der Waals surface area contributed by atoms with Gasteiger partial charge in [-0.1, -0.05) is 57.5 Å². The van der Waals surface area contributed by atoms with Crippen LogP contribution in [-0.2, 0) is 29.3 Å². The Morgan fingerprint density at radius 1 is 1.18 bits per heavy atom. The number of rotatable bonds is 6. The van der Waals surface area contributed by atoms with Gasteiger partial charge in [-0.05, 0) is 50.0 Å². The van der Waals surface area contributed by atoms with Crippen molar-refractivity contribution in [2.45, 2.75) is 83.6 Å². The number of nitrogens with zero attached hydrogens (tertiary/aromatic N) is 1. The van der Waals surface area contributed by atoms with Gasteiger partial charge in [0.15, 0.2) is 6.29 Å². The molecule has 2 aliphatic rings. The lowest BCUT2D eigenvalue weighted by Gasteiger charge is -2.42. The predicted molar refractivity (Wildman–Crippen MR) is 126 cm³/mol. The number of hydrogen-bond acceptors (Lipinski definition) is 7. The molecule has 1 saturated heterocycles. The summed E-state index contributed by atoms with van der Waals surface area (Å²) in [4.78, 5) is 28.1. The second-order valence-corrected chi connectivity index (χ2v) is 10.4. The molecule has 1 aliphatic heterocycles. The normalized spacial score (nSPS) is 30.6. The van der Waals surface area contributed by atoms with E-state index in [4.69, 9.17) is 18.9 Å². The van der Waals surface area contributed by atoms with E-state index < -0.39 is 35.7 Å². The molecule has 0 aromatic heterocycles. The molecule has 1 heterocycles. The molecule has 1 amide bonds. The van der Waals surface area contributed by atoms with Gasteiger partial charge in [0.2, 0.25) is 5.60 Å². The third-order valence-electron chi connectivity index (χ3n) is 7.30. The fraction of sp³-hybridized carbons (Fsp3) is 0.692. The van der Waals surface area contributed by atoms with Crippen LogP contribution in [0.2, 0.25) is 0 Å². The number of carbonyl (C=O) groups excluding carboxylic acids is 2. The first-order valence-corrected chi connectivity index (χ1v) is 12.0. The summed E-state index contributed by atoms with van der Waals surface area (Å²) in [6.07, 6.45) is 0.567. The number of ether oxygens (including phenoxy) is 4. The van der Waals surface area contributed by atoms with Crippen LogP contribution in [0.5, 0.6) is 0 Å². The summed E-state index contributed by atoms with van der Waals surface area (Å²) >= 11 is 0. The van der Waals surface area contributed by atoms with Crippen molar-refractivity contribution >= 4 is 12.1 Å². The molecule has 1 aromatic rings. The minimum atomic E-state index is -2.26. The SMILES string of the molecule is COC(=O)N1[C@@H]([C@@](O)(C(=O)O[C@@H]2C[C@H](C)CC[C@H]2C(C)C)c2ccccc2)[C@@H](OC)OC1(C)C. The van der Waals surface area contributed by atoms with Crippen LogP contribution < -0.4 is 0 Å². The average Bonchev–Trinajstić information content (AvgIpc) is 3.09. The van der Waals surface area contributed by atoms with Crippen molar-refractivity contribution in [1.82, 2.24) is 4.90 Å². The van der Waals surface area contributed by atoms with Crippen LogP contribution in [0, 0.1) is 17.8 Å². The van der Waals surface area contributed by atoms with Crippen LogP contribution in [0.1, 0.15) is 59.4 Å². The van der Waals surface area contributed by atoms with E-state index in [1.807, 2.05) is 0 Å². The third-order valence-corrected chi connectivity index (χ3v) is 7.30. The minimum Gasteiger partial charge on any atom is -0.460 e. The van der Waals surface area contributed by atoms with E-state index in [2.05, 4.69) is 20.8 Å². The van der Waals surface area contributed by atoms with E-state index in [1.165, 1.54) is 19.1 Å². The van der Waals surface area contributed by atoms with Crippen molar-refractivity contribution in [2.24, 2.45) is 17.8 Å². The van der Waals surface area contributed by atoms with Gasteiger partial charge in [0.05, 0.1) is 7.11 Å². The molecule has 1 N–H and O–H groups in total. The Labute approximate surface area is 202 Å². The molecular weight excluding hydrogens is 438 g/mol. The molecule has 0 radical (unpaired) electrons. The maximum atomic E-state index is 14.0. The summed E-state index contributed by atoms with van der Waals surface area (Å²) in [5, 5.41) is 12.2. The number of hydrogen-bond donors (Lipinski definition) is 1. The zero-order chi connectivity index (χ0) is 25.3. The van der Waals surface area contributed by atoms with E-state index in [1.54, 1.807) is 44.2 Å². The number of aliphatic hydroxyl groups is 1. The monoisotopic (exact) mass is 477 g/mol. The van der Waals surface area contributed by atoms with Crippen molar-refractivity contribution in [3.8, 4) is 0 Å². The summed E-state index contributed by atoms with van der Waals surface area (Å²) in [7, 11) is 2.65. The van der Waals surface area contributed by atoms with E-state index in [-0.39, 0.29) is 17.6 Å². The Balaban J connectivity index is 2.09. The fourth-order valence-electron chi connectivity index (χ4n) is 5.43. The highest BCUT2D eigenvalue weighted by atomic mass is 16.7. The zero-order valence-electron chi connectivity index (χ0n) is 21.3. The molecule has 1 aromatic carbocycles. The lowest BCUT2D eigenvalue weighted by Crippen LogP contribution is -2.61. The van der Waals surface area contributed by atoms with Gasteiger partial charge in [-0.3, -0.25) is 4.90 Å². The smallest absolute Gasteiger partial charge is 0.412 e. The Morgan fingerprint density at radius 3 is 2.38 bits per heavy atom. The molecule has 0 spiro atoms. The first-order valence-electron chi connectivity index (χ1n) is 12.0. The second kappa shape index (κ2) is 10.2. The maximum absolute atomic E-state index is 14.0. The highest BCUT2D eigenvalue weighted by molar-refractivity contribution is 5.84. The summed E-state index contributed by atoms with van der Waals surface area (Å²) in [5.41, 5.74) is -3.18. The van der Waals surface area contributed by atoms with E-state index in [0.717, 1.165) is 19.3 Å². The van der Waals surface area contributed by atoms with Gasteiger partial charge in [-0.25, -0.2) is 9.59 Å². The van der Waals surface area contributed by atoms with Gasteiger partial charge in [-0.2, -0.15) is 0 Å². The molecule has 8 nitrogen and oxygen atoms in total. The molecule has 190 valence electrons. The summed E-state index contributed by atoms with van der Waals surface area (Å²) in [5.74, 6) is 0.0869.